The highest BCUT2D eigenvalue weighted by Gasteiger charge is 2.38. The van der Waals surface area contributed by atoms with Crippen molar-refractivity contribution in [2.45, 2.75) is 31.5 Å². The van der Waals surface area contributed by atoms with E-state index in [1.807, 2.05) is 0 Å². The van der Waals surface area contributed by atoms with Gasteiger partial charge >= 0.3 is 30.3 Å². The second-order valence-corrected chi connectivity index (χ2v) is 7.15. The summed E-state index contributed by atoms with van der Waals surface area (Å²) in [5.41, 5.74) is 13.5. The molecule has 17 heteroatoms. The fourth-order valence-corrected chi connectivity index (χ4v) is 2.32. The maximum Gasteiger partial charge on any atom is 0.490 e. The average Bonchev–Trinajstić information content (AvgIpc) is 2.81. The molecule has 0 saturated carbocycles. The number of halogens is 6. The first-order valence-corrected chi connectivity index (χ1v) is 10.1. The van der Waals surface area contributed by atoms with Gasteiger partial charge in [-0.05, 0) is 17.2 Å². The Morgan fingerprint density at radius 1 is 0.795 bits per heavy atom. The maximum absolute atomic E-state index is 11.1. The Morgan fingerprint density at radius 3 is 1.59 bits per heavy atom. The van der Waals surface area contributed by atoms with Crippen LogP contribution in [0.3, 0.4) is 0 Å². The molecule has 0 aliphatic carbocycles. The fourth-order valence-electron chi connectivity index (χ4n) is 2.32. The van der Waals surface area contributed by atoms with Crippen LogP contribution in [-0.4, -0.2) is 57.3 Å². The van der Waals surface area contributed by atoms with E-state index in [-0.39, 0.29) is 24.7 Å². The van der Waals surface area contributed by atoms with E-state index in [2.05, 4.69) is 0 Å². The van der Waals surface area contributed by atoms with E-state index in [0.29, 0.717) is 16.7 Å². The van der Waals surface area contributed by atoms with Crippen LogP contribution < -0.4 is 11.5 Å². The number of benzene rings is 2. The highest BCUT2D eigenvalue weighted by molar-refractivity contribution is 5.95. The molecule has 0 bridgehead atoms. The van der Waals surface area contributed by atoms with Gasteiger partial charge in [-0.25, -0.2) is 9.59 Å². The molecule has 214 valence electrons. The lowest BCUT2D eigenvalue weighted by Gasteiger charge is -2.17. The first-order chi connectivity index (χ1) is 17.7. The number of alkyl halides is 6. The quantitative estimate of drug-likeness (QED) is 0.141. The molecular weight excluding hydrogens is 546 g/mol. The summed E-state index contributed by atoms with van der Waals surface area (Å²) in [5, 5.41) is 38.3. The number of nitrogen functional groups attached to an aromatic ring is 2. The van der Waals surface area contributed by atoms with Crippen molar-refractivity contribution in [3.8, 4) is 0 Å². The van der Waals surface area contributed by atoms with E-state index in [1.54, 1.807) is 48.5 Å². The Bertz CT molecular complexity index is 1140. The zero-order valence-electron chi connectivity index (χ0n) is 19.5. The molecule has 11 nitrogen and oxygen atoms in total. The van der Waals surface area contributed by atoms with Crippen LogP contribution in [0, 0.1) is 10.8 Å². The van der Waals surface area contributed by atoms with Gasteiger partial charge in [0.15, 0.2) is 0 Å². The van der Waals surface area contributed by atoms with Gasteiger partial charge in [-0.3, -0.25) is 15.6 Å². The molecule has 2 aromatic carbocycles. The summed E-state index contributed by atoms with van der Waals surface area (Å²) >= 11 is 0. The Balaban J connectivity index is 0.000000848. The summed E-state index contributed by atoms with van der Waals surface area (Å²) in [7, 11) is 0. The van der Waals surface area contributed by atoms with E-state index in [0.717, 1.165) is 5.56 Å². The Hall–Kier alpha value is -4.67. The van der Waals surface area contributed by atoms with Crippen LogP contribution in [-0.2, 0) is 25.7 Å². The van der Waals surface area contributed by atoms with Crippen LogP contribution in [0.1, 0.15) is 34.8 Å². The molecule has 0 heterocycles. The zero-order chi connectivity index (χ0) is 30.6. The number of amidine groups is 2. The number of carboxylic acid groups (broad SMARTS) is 3. The summed E-state index contributed by atoms with van der Waals surface area (Å²) in [5.74, 6) is -6.60. The number of nitrogens with one attached hydrogen (secondary N) is 2. The van der Waals surface area contributed by atoms with Gasteiger partial charge in [0.1, 0.15) is 11.7 Å². The minimum atomic E-state index is -5.08. The van der Waals surface area contributed by atoms with Gasteiger partial charge in [0.25, 0.3) is 0 Å². The van der Waals surface area contributed by atoms with Gasteiger partial charge < -0.3 is 31.5 Å². The van der Waals surface area contributed by atoms with Gasteiger partial charge in [0, 0.05) is 11.1 Å². The number of hydrogen-bond donors (Lipinski definition) is 7. The van der Waals surface area contributed by atoms with Gasteiger partial charge in [-0.2, -0.15) is 26.3 Å². The molecular formula is C22H22F6N4O7. The van der Waals surface area contributed by atoms with Crippen LogP contribution in [0.5, 0.6) is 0 Å². The molecule has 0 amide bonds. The second-order valence-electron chi connectivity index (χ2n) is 7.15. The normalized spacial score (nSPS) is 11.5. The molecule has 2 rings (SSSR count). The molecule has 1 unspecified atom stereocenters. The molecule has 0 radical (unpaired) electrons. The summed E-state index contributed by atoms with van der Waals surface area (Å²) in [6.07, 6.45) is -11.0. The first-order valence-electron chi connectivity index (χ1n) is 10.1. The maximum atomic E-state index is 11.1. The van der Waals surface area contributed by atoms with Crippen LogP contribution in [0.2, 0.25) is 0 Å². The molecule has 0 spiro atoms. The lowest BCUT2D eigenvalue weighted by molar-refractivity contribution is -0.193. The van der Waals surface area contributed by atoms with Crippen molar-refractivity contribution in [1.82, 2.24) is 0 Å². The molecule has 1 atom stereocenters. The number of ether oxygens (including phenoxy) is 1. The number of hydrogen-bond acceptors (Lipinski definition) is 6. The third-order valence-corrected chi connectivity index (χ3v) is 4.13. The van der Waals surface area contributed by atoms with Crippen molar-refractivity contribution in [2.24, 2.45) is 11.5 Å². The van der Waals surface area contributed by atoms with Gasteiger partial charge in [0.05, 0.1) is 19.1 Å². The van der Waals surface area contributed by atoms with Crippen LogP contribution in [0.25, 0.3) is 0 Å². The van der Waals surface area contributed by atoms with E-state index >= 15 is 0 Å². The third-order valence-electron chi connectivity index (χ3n) is 4.13. The van der Waals surface area contributed by atoms with Crippen molar-refractivity contribution >= 4 is 29.6 Å². The molecule has 39 heavy (non-hydrogen) atoms. The standard InChI is InChI=1S/C18H20N4O3.2C2HF3O2/c19-17(20)12-6-4-11(5-7-12)10-25-15(9-16(23)24)13-2-1-3-14(8-13)18(21)22;2*3-2(4,5)1(6)7/h1-8,15H,9-10H2,(H3,19,20)(H3,21,22)(H,23,24);2*(H,6,7). The van der Waals surface area contributed by atoms with E-state index in [1.165, 1.54) is 0 Å². The molecule has 2 aromatic rings. The minimum absolute atomic E-state index is 0.0164. The van der Waals surface area contributed by atoms with Crippen molar-refractivity contribution in [2.75, 3.05) is 0 Å². The molecule has 0 saturated heterocycles. The van der Waals surface area contributed by atoms with Crippen molar-refractivity contribution < 1.29 is 60.8 Å². The zero-order valence-corrected chi connectivity index (χ0v) is 19.5. The largest absolute Gasteiger partial charge is 0.490 e. The number of carboxylic acids is 3. The van der Waals surface area contributed by atoms with Gasteiger partial charge in [0.2, 0.25) is 0 Å². The smallest absolute Gasteiger partial charge is 0.481 e. The topological polar surface area (TPSA) is 221 Å². The molecule has 0 aliphatic rings. The van der Waals surface area contributed by atoms with Crippen molar-refractivity contribution in [3.05, 3.63) is 70.8 Å². The number of nitrogens with two attached hydrogens (primary N) is 2. The lowest BCUT2D eigenvalue weighted by Crippen LogP contribution is -2.21. The summed E-state index contributed by atoms with van der Waals surface area (Å²) in [6, 6.07) is 13.8. The SMILES string of the molecule is N=C(N)c1ccc(COC(CC(=O)O)c2cccc(C(=N)N)c2)cc1.O=C(O)C(F)(F)F.O=C(O)C(F)(F)F. The van der Waals surface area contributed by atoms with E-state index < -0.39 is 36.4 Å². The molecule has 0 fully saturated rings. The molecule has 0 aliphatic heterocycles. The van der Waals surface area contributed by atoms with E-state index in [9.17, 15) is 31.1 Å². The van der Waals surface area contributed by atoms with Crippen molar-refractivity contribution in [1.29, 1.82) is 10.8 Å². The van der Waals surface area contributed by atoms with Crippen LogP contribution in [0.15, 0.2) is 48.5 Å². The molecule has 9 N–H and O–H groups in total. The van der Waals surface area contributed by atoms with Gasteiger partial charge in [-0.1, -0.05) is 42.5 Å². The Kier molecular flexibility index (Phi) is 13.1. The minimum Gasteiger partial charge on any atom is -0.481 e. The second kappa shape index (κ2) is 14.9. The fraction of sp³-hybridized carbons (Fsp3) is 0.227. The highest BCUT2D eigenvalue weighted by atomic mass is 19.4. The Labute approximate surface area is 215 Å². The summed E-state index contributed by atoms with van der Waals surface area (Å²) < 4.78 is 69.3. The van der Waals surface area contributed by atoms with E-state index in [4.69, 9.17) is 51.9 Å². The Morgan fingerprint density at radius 2 is 1.23 bits per heavy atom. The predicted molar refractivity (Wildman–Crippen MR) is 122 cm³/mol. The predicted octanol–water partition coefficient (Wildman–Crippen LogP) is 3.25. The molecule has 0 aromatic heterocycles. The number of carbonyl (C=O) groups is 3. The van der Waals surface area contributed by atoms with Crippen LogP contribution in [0.4, 0.5) is 26.3 Å². The number of aliphatic carboxylic acids is 3. The summed E-state index contributed by atoms with van der Waals surface area (Å²) in [4.78, 5) is 28.9. The number of rotatable bonds is 8. The first kappa shape index (κ1) is 34.3. The third kappa shape index (κ3) is 14.0. The summed E-state index contributed by atoms with van der Waals surface area (Å²) in [6.45, 7) is 0.209. The van der Waals surface area contributed by atoms with Gasteiger partial charge in [-0.15, -0.1) is 0 Å². The average molecular weight is 568 g/mol. The highest BCUT2D eigenvalue weighted by Crippen LogP contribution is 2.24. The lowest BCUT2D eigenvalue weighted by atomic mass is 10.0. The van der Waals surface area contributed by atoms with Crippen molar-refractivity contribution in [3.63, 3.8) is 0 Å². The van der Waals surface area contributed by atoms with Crippen LogP contribution >= 0.6 is 0 Å². The monoisotopic (exact) mass is 568 g/mol.